The number of hydrogen-bond donors (Lipinski definition) is 1. The van der Waals surface area contributed by atoms with Crippen LogP contribution in [0.5, 0.6) is 0 Å². The Hall–Kier alpha value is -1.26. The van der Waals surface area contributed by atoms with Gasteiger partial charge in [-0.05, 0) is 52.9 Å². The van der Waals surface area contributed by atoms with Crippen LogP contribution < -0.4 is 0 Å². The lowest BCUT2D eigenvalue weighted by molar-refractivity contribution is -0.152. The van der Waals surface area contributed by atoms with Gasteiger partial charge in [-0.1, -0.05) is 19.8 Å². The van der Waals surface area contributed by atoms with E-state index in [9.17, 15) is 14.7 Å². The fourth-order valence-corrected chi connectivity index (χ4v) is 3.02. The number of rotatable bonds is 3. The maximum absolute atomic E-state index is 12.4. The fourth-order valence-electron chi connectivity index (χ4n) is 3.02. The first-order valence-electron chi connectivity index (χ1n) is 7.86. The summed E-state index contributed by atoms with van der Waals surface area (Å²) in [5.41, 5.74) is -1.75. The van der Waals surface area contributed by atoms with E-state index in [-0.39, 0.29) is 0 Å². The van der Waals surface area contributed by atoms with Crippen molar-refractivity contribution < 1.29 is 19.4 Å². The molecule has 0 heterocycles. The highest BCUT2D eigenvalue weighted by atomic mass is 16.6. The predicted octanol–water partition coefficient (Wildman–Crippen LogP) is 3.67. The molecule has 0 spiro atoms. The Bertz CT molecular complexity index is 388. The molecule has 0 aromatic carbocycles. The van der Waals surface area contributed by atoms with E-state index in [0.29, 0.717) is 25.3 Å². The van der Waals surface area contributed by atoms with Gasteiger partial charge in [0.05, 0.1) is 0 Å². The minimum absolute atomic E-state index is 0.343. The maximum atomic E-state index is 12.4. The minimum Gasteiger partial charge on any atom is -0.479 e. The second kappa shape index (κ2) is 6.67. The molecule has 1 rings (SSSR count). The van der Waals surface area contributed by atoms with Gasteiger partial charge >= 0.3 is 12.1 Å². The van der Waals surface area contributed by atoms with Crippen LogP contribution in [0.3, 0.4) is 0 Å². The molecule has 2 atom stereocenters. The fraction of sp³-hybridized carbons (Fsp3) is 0.875. The minimum atomic E-state index is -1.12. The zero-order valence-electron chi connectivity index (χ0n) is 13.9. The first-order valence-corrected chi connectivity index (χ1v) is 7.86. The number of nitrogens with zero attached hydrogens (tertiary/aromatic N) is 1. The standard InChI is InChI=1S/C16H29NO4/c1-6-17(14(20)21-15(3,4)5)16(13(18)19)10-7-8-12(2)9-11-16/h12H,6-11H2,1-5H3,(H,18,19). The average molecular weight is 299 g/mol. The van der Waals surface area contributed by atoms with Crippen molar-refractivity contribution in [2.24, 2.45) is 5.92 Å². The Morgan fingerprint density at radius 2 is 1.90 bits per heavy atom. The topological polar surface area (TPSA) is 66.8 Å². The van der Waals surface area contributed by atoms with Crippen molar-refractivity contribution >= 4 is 12.1 Å². The summed E-state index contributed by atoms with van der Waals surface area (Å²) in [4.78, 5) is 25.8. The van der Waals surface area contributed by atoms with Crippen LogP contribution in [0.25, 0.3) is 0 Å². The van der Waals surface area contributed by atoms with Crippen LogP contribution in [0, 0.1) is 5.92 Å². The van der Waals surface area contributed by atoms with Crippen LogP contribution in [0.1, 0.15) is 66.7 Å². The lowest BCUT2D eigenvalue weighted by Gasteiger charge is -2.40. The molecule has 0 aromatic heterocycles. The van der Waals surface area contributed by atoms with Gasteiger partial charge in [-0.25, -0.2) is 9.59 Å². The Kier molecular flexibility index (Phi) is 5.65. The summed E-state index contributed by atoms with van der Waals surface area (Å²) in [5.74, 6) is -0.409. The molecular formula is C16H29NO4. The van der Waals surface area contributed by atoms with Crippen molar-refractivity contribution in [1.82, 2.24) is 4.90 Å². The molecule has 21 heavy (non-hydrogen) atoms. The molecule has 0 aromatic rings. The van der Waals surface area contributed by atoms with Gasteiger partial charge in [0.1, 0.15) is 11.1 Å². The van der Waals surface area contributed by atoms with Gasteiger partial charge in [0.25, 0.3) is 0 Å². The smallest absolute Gasteiger partial charge is 0.411 e. The summed E-state index contributed by atoms with van der Waals surface area (Å²) in [6.07, 6.45) is 3.14. The third-order valence-electron chi connectivity index (χ3n) is 4.18. The normalized spacial score (nSPS) is 26.8. The lowest BCUT2D eigenvalue weighted by Crippen LogP contribution is -2.57. The number of carboxylic acids is 1. The van der Waals surface area contributed by atoms with Gasteiger partial charge in [-0.2, -0.15) is 0 Å². The molecule has 122 valence electrons. The van der Waals surface area contributed by atoms with Gasteiger partial charge in [0.15, 0.2) is 0 Å². The Morgan fingerprint density at radius 3 is 2.38 bits per heavy atom. The lowest BCUT2D eigenvalue weighted by atomic mass is 9.88. The van der Waals surface area contributed by atoms with E-state index in [1.807, 2.05) is 6.92 Å². The largest absolute Gasteiger partial charge is 0.479 e. The molecule has 1 amide bonds. The van der Waals surface area contributed by atoms with Crippen LogP contribution in [-0.4, -0.2) is 39.8 Å². The van der Waals surface area contributed by atoms with Gasteiger partial charge < -0.3 is 9.84 Å². The third-order valence-corrected chi connectivity index (χ3v) is 4.18. The summed E-state index contributed by atoms with van der Waals surface area (Å²) in [6.45, 7) is 9.67. The molecule has 1 N–H and O–H groups in total. The van der Waals surface area contributed by atoms with Gasteiger partial charge in [0, 0.05) is 6.54 Å². The number of carbonyl (C=O) groups excluding carboxylic acids is 1. The zero-order valence-corrected chi connectivity index (χ0v) is 13.9. The van der Waals surface area contributed by atoms with E-state index in [1.54, 1.807) is 20.8 Å². The Balaban J connectivity index is 3.05. The van der Waals surface area contributed by atoms with E-state index in [2.05, 4.69) is 6.92 Å². The SMILES string of the molecule is CCN(C(=O)OC(C)(C)C)C1(C(=O)O)CCCC(C)CC1. The molecular weight excluding hydrogens is 270 g/mol. The molecule has 1 aliphatic carbocycles. The summed E-state index contributed by atoms with van der Waals surface area (Å²) < 4.78 is 5.41. The quantitative estimate of drug-likeness (QED) is 0.807. The van der Waals surface area contributed by atoms with Crippen LogP contribution in [0.2, 0.25) is 0 Å². The molecule has 0 saturated heterocycles. The molecule has 1 saturated carbocycles. The average Bonchev–Trinajstić information content (AvgIpc) is 2.51. The number of hydrogen-bond acceptors (Lipinski definition) is 3. The zero-order chi connectivity index (χ0) is 16.3. The first kappa shape index (κ1) is 17.8. The van der Waals surface area contributed by atoms with Crippen LogP contribution >= 0.6 is 0 Å². The summed E-state index contributed by atoms with van der Waals surface area (Å²) >= 11 is 0. The number of carbonyl (C=O) groups is 2. The molecule has 0 radical (unpaired) electrons. The monoisotopic (exact) mass is 299 g/mol. The molecule has 2 unspecified atom stereocenters. The number of likely N-dealkylation sites (N-methyl/N-ethyl adjacent to an activating group) is 1. The van der Waals surface area contributed by atoms with E-state index in [0.717, 1.165) is 19.3 Å². The van der Waals surface area contributed by atoms with E-state index in [4.69, 9.17) is 4.74 Å². The number of aliphatic carboxylic acids is 1. The molecule has 0 aliphatic heterocycles. The van der Waals surface area contributed by atoms with Crippen molar-refractivity contribution in [3.05, 3.63) is 0 Å². The molecule has 1 fully saturated rings. The molecule has 0 bridgehead atoms. The second-order valence-corrected chi connectivity index (χ2v) is 7.10. The van der Waals surface area contributed by atoms with Crippen LogP contribution in [-0.2, 0) is 9.53 Å². The number of carboxylic acid groups (broad SMARTS) is 1. The highest BCUT2D eigenvalue weighted by Crippen LogP contribution is 2.36. The highest BCUT2D eigenvalue weighted by Gasteiger charge is 2.47. The van der Waals surface area contributed by atoms with Crippen molar-refractivity contribution in [2.45, 2.75) is 77.9 Å². The first-order chi connectivity index (χ1) is 9.62. The summed E-state index contributed by atoms with van der Waals surface area (Å²) in [5, 5.41) is 9.80. The molecule has 5 heteroatoms. The van der Waals surface area contributed by atoms with Crippen molar-refractivity contribution in [1.29, 1.82) is 0 Å². The van der Waals surface area contributed by atoms with Crippen LogP contribution in [0.4, 0.5) is 4.79 Å². The summed E-state index contributed by atoms with van der Waals surface area (Å²) in [6, 6.07) is 0. The van der Waals surface area contributed by atoms with Gasteiger partial charge in [-0.15, -0.1) is 0 Å². The van der Waals surface area contributed by atoms with Crippen molar-refractivity contribution in [3.8, 4) is 0 Å². The van der Waals surface area contributed by atoms with E-state index < -0.39 is 23.2 Å². The number of ether oxygens (including phenoxy) is 1. The highest BCUT2D eigenvalue weighted by molar-refractivity contribution is 5.84. The molecule has 1 aliphatic rings. The maximum Gasteiger partial charge on any atom is 0.411 e. The van der Waals surface area contributed by atoms with E-state index >= 15 is 0 Å². The second-order valence-electron chi connectivity index (χ2n) is 7.10. The summed E-state index contributed by atoms with van der Waals surface area (Å²) in [7, 11) is 0. The van der Waals surface area contributed by atoms with Gasteiger partial charge in [-0.3, -0.25) is 4.90 Å². The van der Waals surface area contributed by atoms with E-state index in [1.165, 1.54) is 4.90 Å². The number of amides is 1. The van der Waals surface area contributed by atoms with Crippen molar-refractivity contribution in [2.75, 3.05) is 6.54 Å². The Morgan fingerprint density at radius 1 is 1.29 bits per heavy atom. The van der Waals surface area contributed by atoms with Gasteiger partial charge in [0.2, 0.25) is 0 Å². The third kappa shape index (κ3) is 4.35. The van der Waals surface area contributed by atoms with Crippen LogP contribution in [0.15, 0.2) is 0 Å². The van der Waals surface area contributed by atoms with Crippen molar-refractivity contribution in [3.63, 3.8) is 0 Å². The molecule has 5 nitrogen and oxygen atoms in total. The Labute approximate surface area is 127 Å². The predicted molar refractivity (Wildman–Crippen MR) is 81.2 cm³/mol.